The van der Waals surface area contributed by atoms with Gasteiger partial charge in [0.25, 0.3) is 0 Å². The molecule has 0 amide bonds. The van der Waals surface area contributed by atoms with Crippen molar-refractivity contribution in [3.05, 3.63) is 16.9 Å². The van der Waals surface area contributed by atoms with Crippen molar-refractivity contribution in [2.75, 3.05) is 14.1 Å². The van der Waals surface area contributed by atoms with Crippen molar-refractivity contribution < 1.29 is 4.21 Å². The normalized spacial score (nSPS) is 13.8. The van der Waals surface area contributed by atoms with Gasteiger partial charge in [0, 0.05) is 14.1 Å². The van der Waals surface area contributed by atoms with Crippen LogP contribution in [-0.4, -0.2) is 31.8 Å². The molecule has 11 heavy (non-hydrogen) atoms. The molecule has 0 aliphatic carbocycles. The van der Waals surface area contributed by atoms with Crippen molar-refractivity contribution in [1.29, 1.82) is 0 Å². The molecule has 1 unspecified atom stereocenters. The van der Waals surface area contributed by atoms with E-state index < -0.39 is 11.2 Å². The van der Waals surface area contributed by atoms with E-state index in [2.05, 4.69) is 21.0 Å². The largest absolute Gasteiger partial charge is 0.219 e. The van der Waals surface area contributed by atoms with Crippen molar-refractivity contribution in [2.24, 2.45) is 0 Å². The summed E-state index contributed by atoms with van der Waals surface area (Å²) in [6.07, 6.45) is 3.26. The van der Waals surface area contributed by atoms with Gasteiger partial charge in [0.15, 0.2) is 0 Å². The van der Waals surface area contributed by atoms with Crippen LogP contribution >= 0.6 is 15.9 Å². The van der Waals surface area contributed by atoms with E-state index in [-0.39, 0.29) is 0 Å². The first-order valence-electron chi connectivity index (χ1n) is 2.91. The molecule has 62 valence electrons. The highest BCUT2D eigenvalue weighted by Crippen LogP contribution is 2.07. The third-order valence-corrected chi connectivity index (χ3v) is 2.56. The molecule has 1 heterocycles. The predicted molar refractivity (Wildman–Crippen MR) is 47.2 cm³/mol. The number of aromatic nitrogens is 2. The highest BCUT2D eigenvalue weighted by atomic mass is 79.9. The summed E-state index contributed by atoms with van der Waals surface area (Å²) in [5.74, 6) is 0. The van der Waals surface area contributed by atoms with Gasteiger partial charge < -0.3 is 0 Å². The molecule has 6 heteroatoms. The molecule has 0 fully saturated rings. The molecular weight excluding hydrogens is 230 g/mol. The number of hydrogen-bond donors (Lipinski definition) is 0. The Morgan fingerprint density at radius 3 is 2.73 bits per heavy atom. The maximum atomic E-state index is 11.3. The smallest absolute Gasteiger partial charge is 0.217 e. The van der Waals surface area contributed by atoms with Gasteiger partial charge in [-0.3, -0.25) is 0 Å². The van der Waals surface area contributed by atoms with Crippen molar-refractivity contribution in [3.63, 3.8) is 0 Å². The van der Waals surface area contributed by atoms with Gasteiger partial charge in [-0.15, -0.1) is 0 Å². The van der Waals surface area contributed by atoms with Crippen LogP contribution in [0.25, 0.3) is 0 Å². The van der Waals surface area contributed by atoms with Crippen molar-refractivity contribution in [3.8, 4) is 0 Å². The van der Waals surface area contributed by atoms with E-state index in [0.29, 0.717) is 0 Å². The van der Waals surface area contributed by atoms with Crippen LogP contribution in [0.15, 0.2) is 16.9 Å². The van der Waals surface area contributed by atoms with Crippen LogP contribution < -0.4 is 0 Å². The zero-order chi connectivity index (χ0) is 8.43. The summed E-state index contributed by atoms with van der Waals surface area (Å²) < 4.78 is 15.0. The van der Waals surface area contributed by atoms with Gasteiger partial charge in [-0.1, -0.05) is 0 Å². The maximum Gasteiger partial charge on any atom is 0.219 e. The molecule has 0 N–H and O–H groups in total. The van der Waals surface area contributed by atoms with Gasteiger partial charge in [0.05, 0.1) is 16.9 Å². The molecule has 0 bridgehead atoms. The molecule has 1 rings (SSSR count). The van der Waals surface area contributed by atoms with Crippen molar-refractivity contribution in [1.82, 2.24) is 13.5 Å². The standard InChI is InChI=1S/C5H8BrN3OS/c1-8(2)11(10)9-4-5(6)3-7-9/h3-4H,1-2H3. The second kappa shape index (κ2) is 3.46. The fourth-order valence-electron chi connectivity index (χ4n) is 0.537. The average molecular weight is 238 g/mol. The fourth-order valence-corrected chi connectivity index (χ4v) is 1.62. The zero-order valence-corrected chi connectivity index (χ0v) is 8.59. The van der Waals surface area contributed by atoms with E-state index in [0.717, 1.165) is 4.47 Å². The van der Waals surface area contributed by atoms with E-state index in [1.54, 1.807) is 30.8 Å². The second-order valence-electron chi connectivity index (χ2n) is 2.10. The van der Waals surface area contributed by atoms with Gasteiger partial charge in [-0.05, 0) is 15.9 Å². The van der Waals surface area contributed by atoms with Gasteiger partial charge in [-0.2, -0.15) is 9.19 Å². The summed E-state index contributed by atoms with van der Waals surface area (Å²) >= 11 is 2.01. The van der Waals surface area contributed by atoms with Gasteiger partial charge in [0.1, 0.15) is 0 Å². The minimum absolute atomic E-state index is 0.827. The van der Waals surface area contributed by atoms with Crippen LogP contribution in [0, 0.1) is 0 Å². The topological polar surface area (TPSA) is 38.1 Å². The molecule has 4 nitrogen and oxygen atoms in total. The minimum atomic E-state index is -1.21. The molecule has 1 aromatic rings. The first-order valence-corrected chi connectivity index (χ1v) is 4.77. The molecule has 0 spiro atoms. The molecule has 0 saturated heterocycles. The molecule has 0 radical (unpaired) electrons. The van der Waals surface area contributed by atoms with E-state index in [9.17, 15) is 4.21 Å². The lowest BCUT2D eigenvalue weighted by Gasteiger charge is -2.06. The number of hydrogen-bond acceptors (Lipinski definition) is 2. The third kappa shape index (κ3) is 2.11. The third-order valence-electron chi connectivity index (χ3n) is 1.00. The SMILES string of the molecule is CN(C)S(=O)n1cc(Br)cn1. The lowest BCUT2D eigenvalue weighted by Crippen LogP contribution is -2.22. The minimum Gasteiger partial charge on any atom is -0.217 e. The Kier molecular flexibility index (Phi) is 2.80. The molecule has 0 saturated carbocycles. The van der Waals surface area contributed by atoms with Crippen molar-refractivity contribution >= 4 is 27.1 Å². The van der Waals surface area contributed by atoms with Crippen LogP contribution in [0.5, 0.6) is 0 Å². The Hall–Kier alpha value is -0.200. The first-order chi connectivity index (χ1) is 5.11. The molecule has 1 aromatic heterocycles. The molecule has 1 atom stereocenters. The lowest BCUT2D eigenvalue weighted by molar-refractivity contribution is 0.587. The van der Waals surface area contributed by atoms with Gasteiger partial charge in [-0.25, -0.2) is 8.51 Å². The predicted octanol–water partition coefficient (Wildman–Crippen LogP) is 0.634. The van der Waals surface area contributed by atoms with Crippen molar-refractivity contribution in [2.45, 2.75) is 0 Å². The van der Waals surface area contributed by atoms with Crippen LogP contribution in [0.1, 0.15) is 0 Å². The van der Waals surface area contributed by atoms with Crippen LogP contribution in [-0.2, 0) is 11.2 Å². The molecule has 0 aromatic carbocycles. The summed E-state index contributed by atoms with van der Waals surface area (Å²) in [5, 5.41) is 3.86. The number of rotatable bonds is 2. The van der Waals surface area contributed by atoms with Crippen LogP contribution in [0.3, 0.4) is 0 Å². The summed E-state index contributed by atoms with van der Waals surface area (Å²) in [6, 6.07) is 0. The van der Waals surface area contributed by atoms with Gasteiger partial charge in [0.2, 0.25) is 11.2 Å². The Labute approximate surface area is 76.0 Å². The van der Waals surface area contributed by atoms with Crippen LogP contribution in [0.4, 0.5) is 0 Å². The fraction of sp³-hybridized carbons (Fsp3) is 0.400. The zero-order valence-electron chi connectivity index (χ0n) is 6.19. The number of nitrogens with zero attached hydrogens (tertiary/aromatic N) is 3. The summed E-state index contributed by atoms with van der Waals surface area (Å²) in [5.41, 5.74) is 0. The quantitative estimate of drug-likeness (QED) is 0.758. The molecular formula is C5H8BrN3OS. The monoisotopic (exact) mass is 237 g/mol. The lowest BCUT2D eigenvalue weighted by atomic mass is 10.8. The van der Waals surface area contributed by atoms with E-state index in [1.165, 1.54) is 4.09 Å². The maximum absolute atomic E-state index is 11.3. The Morgan fingerprint density at radius 2 is 2.36 bits per heavy atom. The van der Waals surface area contributed by atoms with E-state index in [4.69, 9.17) is 0 Å². The van der Waals surface area contributed by atoms with E-state index >= 15 is 0 Å². The highest BCUT2D eigenvalue weighted by molar-refractivity contribution is 9.10. The Balaban J connectivity index is 2.85. The summed E-state index contributed by atoms with van der Waals surface area (Å²) in [6.45, 7) is 0. The Morgan fingerprint density at radius 1 is 1.73 bits per heavy atom. The number of halogens is 1. The molecule has 0 aliphatic heterocycles. The molecule has 0 aliphatic rings. The van der Waals surface area contributed by atoms with Gasteiger partial charge >= 0.3 is 0 Å². The highest BCUT2D eigenvalue weighted by Gasteiger charge is 2.05. The first kappa shape index (κ1) is 8.89. The van der Waals surface area contributed by atoms with Crippen LogP contribution in [0.2, 0.25) is 0 Å². The van der Waals surface area contributed by atoms with E-state index in [1.807, 2.05) is 0 Å². The average Bonchev–Trinajstić information content (AvgIpc) is 2.34. The second-order valence-corrected chi connectivity index (χ2v) is 4.59. The summed E-state index contributed by atoms with van der Waals surface area (Å²) in [4.78, 5) is 0. The Bertz CT molecular complexity index is 272. The summed E-state index contributed by atoms with van der Waals surface area (Å²) in [7, 11) is 3.46.